The first-order valence-corrected chi connectivity index (χ1v) is 10.1. The van der Waals surface area contributed by atoms with Crippen LogP contribution < -0.4 is 10.6 Å². The van der Waals surface area contributed by atoms with Gasteiger partial charge in [-0.1, -0.05) is 60.7 Å². The minimum atomic E-state index is -0.242. The maximum absolute atomic E-state index is 12.8. The van der Waals surface area contributed by atoms with E-state index in [1.165, 1.54) is 0 Å². The lowest BCUT2D eigenvalue weighted by atomic mass is 9.84. The fourth-order valence-electron chi connectivity index (χ4n) is 3.73. The van der Waals surface area contributed by atoms with Crippen LogP contribution in [0.25, 0.3) is 0 Å². The lowest BCUT2D eigenvalue weighted by molar-refractivity contribution is -0.126. The van der Waals surface area contributed by atoms with Crippen LogP contribution >= 0.6 is 0 Å². The first-order chi connectivity index (χ1) is 14.2. The van der Waals surface area contributed by atoms with Gasteiger partial charge in [0.25, 0.3) is 0 Å². The molecular weight excluding hydrogens is 366 g/mol. The average Bonchev–Trinajstić information content (AvgIpc) is 2.78. The number of carbonyl (C=O) groups is 2. The second kappa shape index (κ2) is 10.6. The van der Waals surface area contributed by atoms with E-state index in [9.17, 15) is 9.59 Å². The van der Waals surface area contributed by atoms with Gasteiger partial charge in [-0.05, 0) is 17.5 Å². The quantitative estimate of drug-likeness (QED) is 0.708. The second-order valence-corrected chi connectivity index (χ2v) is 7.37. The molecule has 0 spiro atoms. The molecule has 1 aliphatic rings. The van der Waals surface area contributed by atoms with Gasteiger partial charge in [0.05, 0.1) is 12.5 Å². The number of likely N-dealkylation sites (tertiary alicyclic amines) is 1. The molecule has 154 valence electrons. The van der Waals surface area contributed by atoms with Gasteiger partial charge in [0.15, 0.2) is 0 Å². The summed E-state index contributed by atoms with van der Waals surface area (Å²) in [6.45, 7) is 2.44. The molecule has 6 nitrogen and oxygen atoms in total. The molecule has 1 fully saturated rings. The Kier molecular flexibility index (Phi) is 7.64. The Balaban J connectivity index is 1.67. The van der Waals surface area contributed by atoms with Crippen molar-refractivity contribution in [2.75, 3.05) is 33.4 Å². The molecule has 29 heavy (non-hydrogen) atoms. The van der Waals surface area contributed by atoms with Crippen LogP contribution in [0.1, 0.15) is 23.5 Å². The van der Waals surface area contributed by atoms with Gasteiger partial charge in [-0.2, -0.15) is 0 Å². The summed E-state index contributed by atoms with van der Waals surface area (Å²) in [5, 5.41) is 5.91. The normalized spacial score (nSPS) is 18.9. The van der Waals surface area contributed by atoms with Crippen LogP contribution in [0.4, 0.5) is 4.79 Å². The van der Waals surface area contributed by atoms with E-state index < -0.39 is 0 Å². The molecule has 0 aromatic heterocycles. The fraction of sp³-hybridized carbons (Fsp3) is 0.391. The summed E-state index contributed by atoms with van der Waals surface area (Å²) in [5.41, 5.74) is 2.20. The average molecular weight is 396 g/mol. The third-order valence-corrected chi connectivity index (χ3v) is 5.27. The summed E-state index contributed by atoms with van der Waals surface area (Å²) < 4.78 is 5.01. The number of nitrogens with one attached hydrogen (secondary N) is 2. The van der Waals surface area contributed by atoms with E-state index >= 15 is 0 Å². The number of benzene rings is 2. The van der Waals surface area contributed by atoms with Crippen LogP contribution in [0.3, 0.4) is 0 Å². The third-order valence-electron chi connectivity index (χ3n) is 5.27. The highest BCUT2D eigenvalue weighted by Gasteiger charge is 2.34. The largest absolute Gasteiger partial charge is 0.383 e. The van der Waals surface area contributed by atoms with E-state index in [0.717, 1.165) is 17.5 Å². The zero-order valence-corrected chi connectivity index (χ0v) is 16.8. The zero-order chi connectivity index (χ0) is 20.5. The smallest absolute Gasteiger partial charge is 0.317 e. The number of amides is 3. The monoisotopic (exact) mass is 395 g/mol. The van der Waals surface area contributed by atoms with Crippen molar-refractivity contribution < 1.29 is 14.3 Å². The molecule has 2 unspecified atom stereocenters. The number of nitrogens with zero attached hydrogens (tertiary/aromatic N) is 1. The van der Waals surface area contributed by atoms with Crippen LogP contribution in [-0.4, -0.2) is 50.2 Å². The summed E-state index contributed by atoms with van der Waals surface area (Å²) in [6, 6.07) is 19.8. The standard InChI is InChI=1S/C23H29N3O3/c1-29-13-12-24-22(27)21-14-20(19-10-6-3-7-11-19)16-26(17-21)23(28)25-15-18-8-4-2-5-9-18/h2-11,20-21H,12-17H2,1H3,(H,24,27)(H,25,28). The molecule has 3 rings (SSSR count). The number of hydrogen-bond donors (Lipinski definition) is 2. The highest BCUT2D eigenvalue weighted by molar-refractivity contribution is 5.81. The van der Waals surface area contributed by atoms with Gasteiger partial charge in [0, 0.05) is 39.2 Å². The molecule has 2 aromatic rings. The maximum Gasteiger partial charge on any atom is 0.317 e. The second-order valence-electron chi connectivity index (χ2n) is 7.37. The molecule has 2 atom stereocenters. The molecule has 1 aliphatic heterocycles. The van der Waals surface area contributed by atoms with Crippen molar-refractivity contribution in [1.82, 2.24) is 15.5 Å². The Morgan fingerprint density at radius 3 is 2.38 bits per heavy atom. The van der Waals surface area contributed by atoms with Gasteiger partial charge < -0.3 is 20.3 Å². The Bertz CT molecular complexity index is 782. The van der Waals surface area contributed by atoms with Crippen molar-refractivity contribution in [3.63, 3.8) is 0 Å². The number of carbonyl (C=O) groups excluding carboxylic acids is 2. The number of methoxy groups -OCH3 is 1. The summed E-state index contributed by atoms with van der Waals surface area (Å²) in [7, 11) is 1.61. The molecule has 0 bridgehead atoms. The molecule has 1 saturated heterocycles. The number of rotatable bonds is 7. The van der Waals surface area contributed by atoms with Crippen molar-refractivity contribution in [1.29, 1.82) is 0 Å². The number of hydrogen-bond acceptors (Lipinski definition) is 3. The summed E-state index contributed by atoms with van der Waals surface area (Å²) in [5.74, 6) is -0.137. The molecule has 3 amide bonds. The minimum absolute atomic E-state index is 0.0245. The van der Waals surface area contributed by atoms with Crippen LogP contribution in [0.5, 0.6) is 0 Å². The van der Waals surface area contributed by atoms with E-state index in [4.69, 9.17) is 4.74 Å². The minimum Gasteiger partial charge on any atom is -0.383 e. The number of ether oxygens (including phenoxy) is 1. The van der Waals surface area contributed by atoms with Crippen LogP contribution in [0.2, 0.25) is 0 Å². The van der Waals surface area contributed by atoms with E-state index in [0.29, 0.717) is 32.8 Å². The zero-order valence-electron chi connectivity index (χ0n) is 16.8. The summed E-state index contributed by atoms with van der Waals surface area (Å²) in [6.07, 6.45) is 0.727. The number of urea groups is 1. The Hall–Kier alpha value is -2.86. The van der Waals surface area contributed by atoms with Crippen molar-refractivity contribution in [3.8, 4) is 0 Å². The first kappa shape index (κ1) is 20.9. The van der Waals surface area contributed by atoms with Crippen molar-refractivity contribution in [2.24, 2.45) is 5.92 Å². The van der Waals surface area contributed by atoms with Crippen LogP contribution in [0, 0.1) is 5.92 Å². The first-order valence-electron chi connectivity index (χ1n) is 10.1. The van der Waals surface area contributed by atoms with E-state index in [1.54, 1.807) is 12.0 Å². The lowest BCUT2D eigenvalue weighted by Gasteiger charge is -2.37. The van der Waals surface area contributed by atoms with Crippen molar-refractivity contribution in [3.05, 3.63) is 71.8 Å². The van der Waals surface area contributed by atoms with Gasteiger partial charge in [-0.25, -0.2) is 4.79 Å². The van der Waals surface area contributed by atoms with Crippen molar-refractivity contribution in [2.45, 2.75) is 18.9 Å². The SMILES string of the molecule is COCCNC(=O)C1CC(c2ccccc2)CN(C(=O)NCc2ccccc2)C1. The Morgan fingerprint density at radius 1 is 1.00 bits per heavy atom. The predicted molar refractivity (Wildman–Crippen MR) is 112 cm³/mol. The van der Waals surface area contributed by atoms with Gasteiger partial charge in [-0.15, -0.1) is 0 Å². The maximum atomic E-state index is 12.8. The molecule has 1 heterocycles. The van der Waals surface area contributed by atoms with Crippen LogP contribution in [0.15, 0.2) is 60.7 Å². The summed E-state index contributed by atoms with van der Waals surface area (Å²) in [4.78, 5) is 27.3. The van der Waals surface area contributed by atoms with E-state index in [2.05, 4.69) is 22.8 Å². The van der Waals surface area contributed by atoms with E-state index in [-0.39, 0.29) is 23.8 Å². The fourth-order valence-corrected chi connectivity index (χ4v) is 3.73. The van der Waals surface area contributed by atoms with Crippen LogP contribution in [-0.2, 0) is 16.1 Å². The molecular formula is C23H29N3O3. The highest BCUT2D eigenvalue weighted by Crippen LogP contribution is 2.30. The third kappa shape index (κ3) is 6.06. The molecule has 0 aliphatic carbocycles. The molecule has 6 heteroatoms. The Labute approximate surface area is 172 Å². The molecule has 2 aromatic carbocycles. The van der Waals surface area contributed by atoms with Gasteiger partial charge in [-0.3, -0.25) is 4.79 Å². The topological polar surface area (TPSA) is 70.7 Å². The lowest BCUT2D eigenvalue weighted by Crippen LogP contribution is -2.51. The van der Waals surface area contributed by atoms with Gasteiger partial charge in [0.1, 0.15) is 0 Å². The van der Waals surface area contributed by atoms with Gasteiger partial charge >= 0.3 is 6.03 Å². The summed E-state index contributed by atoms with van der Waals surface area (Å²) >= 11 is 0. The van der Waals surface area contributed by atoms with Crippen molar-refractivity contribution >= 4 is 11.9 Å². The highest BCUT2D eigenvalue weighted by atomic mass is 16.5. The molecule has 0 radical (unpaired) electrons. The van der Waals surface area contributed by atoms with Gasteiger partial charge in [0.2, 0.25) is 5.91 Å². The number of piperidine rings is 1. The Morgan fingerprint density at radius 2 is 1.69 bits per heavy atom. The van der Waals surface area contributed by atoms with E-state index in [1.807, 2.05) is 48.5 Å². The molecule has 2 N–H and O–H groups in total. The molecule has 0 saturated carbocycles. The predicted octanol–water partition coefficient (Wildman–Crippen LogP) is 2.76.